The van der Waals surface area contributed by atoms with Crippen molar-refractivity contribution in [1.82, 2.24) is 9.78 Å². The average molecular weight is 254 g/mol. The topological polar surface area (TPSA) is 34.9 Å². The number of Topliss-reactive ketones (excluding diaryl/α,β-unsaturated/α-hetero) is 1. The zero-order chi connectivity index (χ0) is 13.3. The fraction of sp³-hybridized carbons (Fsp3) is 0.167. The van der Waals surface area contributed by atoms with Gasteiger partial charge in [0.15, 0.2) is 23.2 Å². The quantitative estimate of drug-likeness (QED) is 0.622. The first-order chi connectivity index (χ1) is 8.47. The van der Waals surface area contributed by atoms with Crippen molar-refractivity contribution in [3.8, 4) is 0 Å². The molecule has 0 unspecified atom stereocenters. The highest BCUT2D eigenvalue weighted by Gasteiger charge is 2.15. The third-order valence-electron chi connectivity index (χ3n) is 2.43. The summed E-state index contributed by atoms with van der Waals surface area (Å²) in [4.78, 5) is 11.7. The summed E-state index contributed by atoms with van der Waals surface area (Å²) >= 11 is 0. The Kier molecular flexibility index (Phi) is 3.18. The molecule has 0 atom stereocenters. The summed E-state index contributed by atoms with van der Waals surface area (Å²) in [6.07, 6.45) is 3.06. The lowest BCUT2D eigenvalue weighted by atomic mass is 10.0. The van der Waals surface area contributed by atoms with E-state index in [9.17, 15) is 18.0 Å². The minimum Gasteiger partial charge on any atom is -0.294 e. The van der Waals surface area contributed by atoms with E-state index in [0.29, 0.717) is 17.7 Å². The van der Waals surface area contributed by atoms with Gasteiger partial charge >= 0.3 is 0 Å². The molecule has 94 valence electrons. The Hall–Kier alpha value is -2.11. The Bertz CT molecular complexity index is 584. The fourth-order valence-corrected chi connectivity index (χ4v) is 1.57. The summed E-state index contributed by atoms with van der Waals surface area (Å²) in [5.74, 6) is -4.82. The van der Waals surface area contributed by atoms with E-state index in [1.807, 2.05) is 0 Å². The van der Waals surface area contributed by atoms with Gasteiger partial charge in [-0.15, -0.1) is 0 Å². The average Bonchev–Trinajstić information content (AvgIpc) is 2.71. The minimum atomic E-state index is -1.58. The highest BCUT2D eigenvalue weighted by molar-refractivity contribution is 5.97. The van der Waals surface area contributed by atoms with Crippen molar-refractivity contribution in [2.24, 2.45) is 7.05 Å². The molecular formula is C12H9F3N2O. The molecule has 0 saturated heterocycles. The Balaban J connectivity index is 2.24. The lowest BCUT2D eigenvalue weighted by Gasteiger charge is -2.01. The molecule has 0 spiro atoms. The van der Waals surface area contributed by atoms with Gasteiger partial charge in [-0.05, 0) is 17.7 Å². The molecule has 0 amide bonds. The Morgan fingerprint density at radius 1 is 1.28 bits per heavy atom. The lowest BCUT2D eigenvalue weighted by molar-refractivity contribution is 0.0992. The fourth-order valence-electron chi connectivity index (χ4n) is 1.57. The number of carbonyl (C=O) groups excluding carboxylic acids is 1. The molecule has 1 aromatic heterocycles. The number of halogens is 3. The van der Waals surface area contributed by atoms with Crippen molar-refractivity contribution in [2.45, 2.75) is 6.42 Å². The van der Waals surface area contributed by atoms with E-state index >= 15 is 0 Å². The monoisotopic (exact) mass is 254 g/mol. The van der Waals surface area contributed by atoms with Gasteiger partial charge in [0, 0.05) is 25.2 Å². The van der Waals surface area contributed by atoms with Crippen LogP contribution in [-0.4, -0.2) is 15.6 Å². The number of rotatable bonds is 3. The number of aryl methyl sites for hydroxylation is 1. The molecule has 0 aliphatic carbocycles. The molecule has 0 aliphatic rings. The molecule has 0 bridgehead atoms. The number of aromatic nitrogens is 2. The predicted molar refractivity (Wildman–Crippen MR) is 57.6 cm³/mol. The van der Waals surface area contributed by atoms with Gasteiger partial charge in [-0.2, -0.15) is 5.10 Å². The number of hydrogen-bond donors (Lipinski definition) is 0. The second-order valence-electron chi connectivity index (χ2n) is 3.88. The number of benzene rings is 1. The first-order valence-corrected chi connectivity index (χ1v) is 5.12. The second-order valence-corrected chi connectivity index (χ2v) is 3.88. The molecule has 0 aliphatic heterocycles. The summed E-state index contributed by atoms with van der Waals surface area (Å²) in [5, 5.41) is 3.87. The zero-order valence-corrected chi connectivity index (χ0v) is 9.45. The number of ketones is 1. The molecule has 3 nitrogen and oxygen atoms in total. The van der Waals surface area contributed by atoms with Gasteiger partial charge < -0.3 is 0 Å². The summed E-state index contributed by atoms with van der Waals surface area (Å²) in [5.41, 5.74) is 0.419. The van der Waals surface area contributed by atoms with Crippen molar-refractivity contribution in [3.63, 3.8) is 0 Å². The zero-order valence-electron chi connectivity index (χ0n) is 9.45. The lowest BCUT2D eigenvalue weighted by Crippen LogP contribution is -2.05. The first kappa shape index (κ1) is 12.3. The molecular weight excluding hydrogens is 245 g/mol. The van der Waals surface area contributed by atoms with E-state index in [4.69, 9.17) is 0 Å². The Morgan fingerprint density at radius 2 is 1.89 bits per heavy atom. The molecule has 0 fully saturated rings. The highest BCUT2D eigenvalue weighted by Crippen LogP contribution is 2.15. The maximum absolute atomic E-state index is 13.0. The summed E-state index contributed by atoms with van der Waals surface area (Å²) in [7, 11) is 1.69. The van der Waals surface area contributed by atoms with Gasteiger partial charge in [0.1, 0.15) is 0 Å². The number of nitrogens with zero attached hydrogens (tertiary/aromatic N) is 2. The van der Waals surface area contributed by atoms with E-state index in [-0.39, 0.29) is 12.0 Å². The van der Waals surface area contributed by atoms with Gasteiger partial charge in [-0.1, -0.05) is 0 Å². The Morgan fingerprint density at radius 3 is 2.39 bits per heavy atom. The SMILES string of the molecule is Cn1cc(CC(=O)c2cc(F)c(F)c(F)c2)cn1. The van der Waals surface area contributed by atoms with Gasteiger partial charge in [-0.25, -0.2) is 13.2 Å². The standard InChI is InChI=1S/C12H9F3N2O/c1-17-6-7(5-16-17)2-11(18)8-3-9(13)12(15)10(14)4-8/h3-6H,2H2,1H3. The molecule has 18 heavy (non-hydrogen) atoms. The van der Waals surface area contributed by atoms with E-state index in [1.54, 1.807) is 13.2 Å². The van der Waals surface area contributed by atoms with Crippen molar-refractivity contribution in [2.75, 3.05) is 0 Å². The van der Waals surface area contributed by atoms with Crippen LogP contribution in [0.2, 0.25) is 0 Å². The number of carbonyl (C=O) groups is 1. The van der Waals surface area contributed by atoms with Gasteiger partial charge in [0.05, 0.1) is 6.20 Å². The van der Waals surface area contributed by atoms with Gasteiger partial charge in [0.25, 0.3) is 0 Å². The first-order valence-electron chi connectivity index (χ1n) is 5.12. The molecule has 2 rings (SSSR count). The van der Waals surface area contributed by atoms with Crippen LogP contribution in [0.1, 0.15) is 15.9 Å². The van der Waals surface area contributed by atoms with Crippen LogP contribution in [0, 0.1) is 17.5 Å². The van der Waals surface area contributed by atoms with E-state index in [2.05, 4.69) is 5.10 Å². The smallest absolute Gasteiger partial charge is 0.194 e. The van der Waals surface area contributed by atoms with Crippen LogP contribution >= 0.6 is 0 Å². The molecule has 6 heteroatoms. The summed E-state index contributed by atoms with van der Waals surface area (Å²) < 4.78 is 40.2. The van der Waals surface area contributed by atoms with Crippen LogP contribution in [0.15, 0.2) is 24.5 Å². The van der Waals surface area contributed by atoms with Crippen LogP contribution in [0.3, 0.4) is 0 Å². The van der Waals surface area contributed by atoms with Crippen LogP contribution in [-0.2, 0) is 13.5 Å². The summed E-state index contributed by atoms with van der Waals surface area (Å²) in [6.45, 7) is 0. The highest BCUT2D eigenvalue weighted by atomic mass is 19.2. The second kappa shape index (κ2) is 4.64. The summed E-state index contributed by atoms with van der Waals surface area (Å²) in [6, 6.07) is 1.38. The molecule has 0 N–H and O–H groups in total. The maximum atomic E-state index is 13.0. The molecule has 0 saturated carbocycles. The van der Waals surface area contributed by atoms with Gasteiger partial charge in [-0.3, -0.25) is 9.48 Å². The Labute approximate surface area is 101 Å². The molecule has 0 radical (unpaired) electrons. The van der Waals surface area contributed by atoms with Crippen molar-refractivity contribution < 1.29 is 18.0 Å². The molecule has 2 aromatic rings. The third-order valence-corrected chi connectivity index (χ3v) is 2.43. The van der Waals surface area contributed by atoms with Crippen LogP contribution in [0.25, 0.3) is 0 Å². The van der Waals surface area contributed by atoms with Gasteiger partial charge in [0.2, 0.25) is 0 Å². The van der Waals surface area contributed by atoms with E-state index < -0.39 is 23.2 Å². The molecule has 1 aromatic carbocycles. The van der Waals surface area contributed by atoms with Crippen LogP contribution in [0.4, 0.5) is 13.2 Å². The maximum Gasteiger partial charge on any atom is 0.194 e. The minimum absolute atomic E-state index is 0.0433. The normalized spacial score (nSPS) is 10.7. The molecule has 1 heterocycles. The largest absolute Gasteiger partial charge is 0.294 e. The predicted octanol–water partition coefficient (Wildman–Crippen LogP) is 2.26. The third kappa shape index (κ3) is 2.42. The van der Waals surface area contributed by atoms with Crippen molar-refractivity contribution in [3.05, 3.63) is 53.1 Å². The van der Waals surface area contributed by atoms with E-state index in [1.165, 1.54) is 10.9 Å². The van der Waals surface area contributed by atoms with Crippen molar-refractivity contribution in [1.29, 1.82) is 0 Å². The van der Waals surface area contributed by atoms with E-state index in [0.717, 1.165) is 0 Å². The van der Waals surface area contributed by atoms with Crippen molar-refractivity contribution >= 4 is 5.78 Å². The van der Waals surface area contributed by atoms with Crippen LogP contribution < -0.4 is 0 Å². The van der Waals surface area contributed by atoms with Crippen LogP contribution in [0.5, 0.6) is 0 Å². The number of hydrogen-bond acceptors (Lipinski definition) is 2.